The van der Waals surface area contributed by atoms with E-state index in [9.17, 15) is 0 Å². The van der Waals surface area contributed by atoms with Crippen molar-refractivity contribution < 1.29 is 0 Å². The van der Waals surface area contributed by atoms with E-state index in [1.54, 1.807) is 0 Å². The van der Waals surface area contributed by atoms with Crippen LogP contribution in [0.15, 0.2) is 36.4 Å². The Hall–Kier alpha value is -1.17. The second kappa shape index (κ2) is 2.71. The zero-order valence-corrected chi connectivity index (χ0v) is 7.46. The fourth-order valence-corrected chi connectivity index (χ4v) is 1.49. The molecule has 12 heavy (non-hydrogen) atoms. The predicted molar refractivity (Wildman–Crippen MR) is 60.3 cm³/mol. The van der Waals surface area contributed by atoms with Crippen molar-refractivity contribution in [1.82, 2.24) is 0 Å². The molecule has 0 bridgehead atoms. The average molecular weight is 152 g/mol. The lowest BCUT2D eigenvalue weighted by atomic mass is 9.89. The fourth-order valence-electron chi connectivity index (χ4n) is 1.49. The SMILES string of the molecule is Bc1ccc2ccc(B)cc2c1. The number of hydrogen-bond acceptors (Lipinski definition) is 0. The number of rotatable bonds is 0. The third-order valence-corrected chi connectivity index (χ3v) is 2.15. The van der Waals surface area contributed by atoms with Gasteiger partial charge in [-0.3, -0.25) is 0 Å². The van der Waals surface area contributed by atoms with Crippen LogP contribution in [-0.2, 0) is 0 Å². The minimum atomic E-state index is 1.33. The lowest BCUT2D eigenvalue weighted by Crippen LogP contribution is -2.03. The molecule has 56 valence electrons. The van der Waals surface area contributed by atoms with Crippen LogP contribution in [0.25, 0.3) is 10.8 Å². The van der Waals surface area contributed by atoms with Crippen molar-refractivity contribution in [2.75, 3.05) is 0 Å². The highest BCUT2D eigenvalue weighted by atomic mass is 13.9. The van der Waals surface area contributed by atoms with Gasteiger partial charge in [0.1, 0.15) is 15.7 Å². The van der Waals surface area contributed by atoms with E-state index in [1.807, 2.05) is 0 Å². The summed E-state index contributed by atoms with van der Waals surface area (Å²) in [4.78, 5) is 0. The maximum atomic E-state index is 2.22. The third-order valence-electron chi connectivity index (χ3n) is 2.15. The van der Waals surface area contributed by atoms with Gasteiger partial charge in [0.05, 0.1) is 0 Å². The normalized spacial score (nSPS) is 10.3. The van der Waals surface area contributed by atoms with E-state index in [1.165, 1.54) is 21.7 Å². The van der Waals surface area contributed by atoms with Crippen LogP contribution in [0.3, 0.4) is 0 Å². The number of hydrogen-bond donors (Lipinski definition) is 0. The fraction of sp³-hybridized carbons (Fsp3) is 0. The van der Waals surface area contributed by atoms with E-state index >= 15 is 0 Å². The van der Waals surface area contributed by atoms with Crippen LogP contribution in [0, 0.1) is 0 Å². The van der Waals surface area contributed by atoms with Crippen molar-refractivity contribution in [3.63, 3.8) is 0 Å². The summed E-state index contributed by atoms with van der Waals surface area (Å²) in [7, 11) is 4.25. The zero-order valence-electron chi connectivity index (χ0n) is 7.46. The molecule has 0 aliphatic carbocycles. The lowest BCUT2D eigenvalue weighted by Gasteiger charge is -2.00. The van der Waals surface area contributed by atoms with E-state index in [4.69, 9.17) is 0 Å². The van der Waals surface area contributed by atoms with Crippen LogP contribution in [0.1, 0.15) is 0 Å². The van der Waals surface area contributed by atoms with Crippen molar-refractivity contribution in [1.29, 1.82) is 0 Å². The van der Waals surface area contributed by atoms with Gasteiger partial charge in [0.25, 0.3) is 0 Å². The summed E-state index contributed by atoms with van der Waals surface area (Å²) in [6.45, 7) is 0. The first-order chi connectivity index (χ1) is 5.75. The second-order valence-electron chi connectivity index (χ2n) is 3.35. The van der Waals surface area contributed by atoms with Crippen molar-refractivity contribution in [2.45, 2.75) is 0 Å². The smallest absolute Gasteiger partial charge is 0.0883 e. The van der Waals surface area contributed by atoms with Crippen molar-refractivity contribution in [3.8, 4) is 0 Å². The Morgan fingerprint density at radius 2 is 1.17 bits per heavy atom. The average Bonchev–Trinajstić information content (AvgIpc) is 2.03. The van der Waals surface area contributed by atoms with Crippen molar-refractivity contribution >= 4 is 37.4 Å². The van der Waals surface area contributed by atoms with E-state index in [0.29, 0.717) is 0 Å². The molecule has 0 spiro atoms. The van der Waals surface area contributed by atoms with Crippen LogP contribution in [0.4, 0.5) is 0 Å². The molecular formula is C10H10B2. The van der Waals surface area contributed by atoms with Gasteiger partial charge in [0.15, 0.2) is 0 Å². The minimum Gasteiger partial charge on any atom is -0.0883 e. The van der Waals surface area contributed by atoms with Gasteiger partial charge in [-0.15, -0.1) is 0 Å². The van der Waals surface area contributed by atoms with E-state index in [-0.39, 0.29) is 0 Å². The van der Waals surface area contributed by atoms with Crippen LogP contribution < -0.4 is 10.9 Å². The topological polar surface area (TPSA) is 0 Å². The van der Waals surface area contributed by atoms with Gasteiger partial charge in [-0.05, 0) is 10.8 Å². The molecule has 0 saturated heterocycles. The highest BCUT2D eigenvalue weighted by Gasteiger charge is 1.92. The molecule has 0 unspecified atom stereocenters. The van der Waals surface area contributed by atoms with E-state index < -0.39 is 0 Å². The molecule has 0 nitrogen and oxygen atoms in total. The Kier molecular flexibility index (Phi) is 1.69. The molecule has 0 N–H and O–H groups in total. The van der Waals surface area contributed by atoms with Gasteiger partial charge in [-0.1, -0.05) is 47.3 Å². The molecule has 0 heterocycles. The summed E-state index contributed by atoms with van der Waals surface area (Å²) in [5.41, 5.74) is 2.65. The summed E-state index contributed by atoms with van der Waals surface area (Å²) in [5.74, 6) is 0. The molecule has 0 saturated carbocycles. The van der Waals surface area contributed by atoms with Gasteiger partial charge in [0, 0.05) is 0 Å². The first kappa shape index (κ1) is 7.48. The molecule has 0 radical (unpaired) electrons. The molecule has 0 aliphatic rings. The first-order valence-electron chi connectivity index (χ1n) is 4.23. The standard InChI is InChI=1S/C10H10B2/c11-9-3-1-7-2-4-10(12)6-8(7)5-9/h1-6H,11-12H2. The maximum Gasteiger partial charge on any atom is 0.139 e. The molecule has 2 heteroatoms. The Labute approximate surface area is 74.4 Å². The monoisotopic (exact) mass is 152 g/mol. The Morgan fingerprint density at radius 3 is 1.67 bits per heavy atom. The van der Waals surface area contributed by atoms with E-state index in [2.05, 4.69) is 52.1 Å². The summed E-state index contributed by atoms with van der Waals surface area (Å²) in [6, 6.07) is 13.1. The summed E-state index contributed by atoms with van der Waals surface area (Å²) < 4.78 is 0. The van der Waals surface area contributed by atoms with Gasteiger partial charge < -0.3 is 0 Å². The van der Waals surface area contributed by atoms with Gasteiger partial charge in [-0.25, -0.2) is 0 Å². The van der Waals surface area contributed by atoms with Gasteiger partial charge in [0.2, 0.25) is 0 Å². The van der Waals surface area contributed by atoms with Gasteiger partial charge >= 0.3 is 0 Å². The quantitative estimate of drug-likeness (QED) is 0.440. The molecule has 2 aromatic carbocycles. The highest BCUT2D eigenvalue weighted by Crippen LogP contribution is 2.08. The lowest BCUT2D eigenvalue weighted by molar-refractivity contribution is 1.83. The highest BCUT2D eigenvalue weighted by molar-refractivity contribution is 6.34. The molecular weight excluding hydrogens is 142 g/mol. The van der Waals surface area contributed by atoms with Gasteiger partial charge in [-0.2, -0.15) is 0 Å². The Balaban J connectivity index is 2.80. The molecule has 0 amide bonds. The first-order valence-corrected chi connectivity index (χ1v) is 4.23. The molecule has 0 aliphatic heterocycles. The molecule has 2 rings (SSSR count). The predicted octanol–water partition coefficient (Wildman–Crippen LogP) is -0.643. The largest absolute Gasteiger partial charge is 0.139 e. The Bertz CT molecular complexity index is 384. The maximum absolute atomic E-state index is 2.22. The minimum absolute atomic E-state index is 1.33. The van der Waals surface area contributed by atoms with Crippen molar-refractivity contribution in [2.24, 2.45) is 0 Å². The summed E-state index contributed by atoms with van der Waals surface area (Å²) in [5, 5.41) is 2.67. The van der Waals surface area contributed by atoms with Crippen LogP contribution in [0.2, 0.25) is 0 Å². The summed E-state index contributed by atoms with van der Waals surface area (Å²) in [6.07, 6.45) is 0. The molecule has 2 aromatic rings. The van der Waals surface area contributed by atoms with Crippen molar-refractivity contribution in [3.05, 3.63) is 36.4 Å². The molecule has 0 fully saturated rings. The van der Waals surface area contributed by atoms with Crippen LogP contribution >= 0.6 is 0 Å². The van der Waals surface area contributed by atoms with Crippen LogP contribution in [0.5, 0.6) is 0 Å². The number of fused-ring (bicyclic) bond motifs is 1. The Morgan fingerprint density at radius 1 is 0.667 bits per heavy atom. The third kappa shape index (κ3) is 1.25. The zero-order chi connectivity index (χ0) is 8.55. The van der Waals surface area contributed by atoms with Crippen LogP contribution in [-0.4, -0.2) is 15.7 Å². The second-order valence-corrected chi connectivity index (χ2v) is 3.35. The molecule has 0 aromatic heterocycles. The number of benzene rings is 2. The van der Waals surface area contributed by atoms with E-state index in [0.717, 1.165) is 0 Å². The molecule has 0 atom stereocenters. The summed E-state index contributed by atoms with van der Waals surface area (Å²) >= 11 is 0.